The Morgan fingerprint density at radius 2 is 1.90 bits per heavy atom. The van der Waals surface area contributed by atoms with E-state index in [0.717, 1.165) is 25.0 Å². The van der Waals surface area contributed by atoms with Gasteiger partial charge in [0.2, 0.25) is 6.04 Å². The number of carbonyl (C=O) groups is 1. The first kappa shape index (κ1) is 24.1. The van der Waals surface area contributed by atoms with Gasteiger partial charge in [-0.3, -0.25) is 0 Å². The standard InChI is InChI=1S/C27H40NO2/c1-7-30-26(29)25-14-10-19-28(25)20-17-22(3)12-8-11-21(2)15-16-24-23(4)13-9-18-27(24,5)6/h8,11-12,15-17,20,25H,7,9-10,13-14,18-19H2,1-6H3/q+1/b12-8+,16-15+,21-11+,22-17+,28-20?. The molecule has 1 aliphatic heterocycles. The predicted molar refractivity (Wildman–Crippen MR) is 127 cm³/mol. The lowest BCUT2D eigenvalue weighted by atomic mass is 9.72. The fourth-order valence-corrected chi connectivity index (χ4v) is 4.36. The molecule has 0 saturated carbocycles. The first-order chi connectivity index (χ1) is 14.2. The van der Waals surface area contributed by atoms with Crippen molar-refractivity contribution < 1.29 is 14.1 Å². The van der Waals surface area contributed by atoms with Crippen LogP contribution in [0.3, 0.4) is 0 Å². The minimum absolute atomic E-state index is 0.107. The van der Waals surface area contributed by atoms with Crippen molar-refractivity contribution in [3.8, 4) is 0 Å². The number of ether oxygens (including phenoxy) is 1. The Bertz CT molecular complexity index is 803. The number of nitrogens with zero attached hydrogens (tertiary/aromatic N) is 1. The Morgan fingerprint density at radius 3 is 2.60 bits per heavy atom. The summed E-state index contributed by atoms with van der Waals surface area (Å²) in [5, 5.41) is 0. The summed E-state index contributed by atoms with van der Waals surface area (Å²) in [7, 11) is 0. The molecule has 164 valence electrons. The molecule has 30 heavy (non-hydrogen) atoms. The summed E-state index contributed by atoms with van der Waals surface area (Å²) in [5.74, 6) is -0.107. The maximum Gasteiger partial charge on any atom is 0.375 e. The molecule has 2 aliphatic rings. The Labute approximate surface area is 183 Å². The quantitative estimate of drug-likeness (QED) is 0.279. The van der Waals surface area contributed by atoms with Crippen LogP contribution < -0.4 is 0 Å². The molecule has 3 heteroatoms. The van der Waals surface area contributed by atoms with Gasteiger partial charge in [-0.25, -0.2) is 9.37 Å². The number of rotatable bonds is 7. The third-order valence-electron chi connectivity index (χ3n) is 6.16. The van der Waals surface area contributed by atoms with Gasteiger partial charge in [0.1, 0.15) is 6.54 Å². The molecule has 3 nitrogen and oxygen atoms in total. The molecule has 0 aromatic carbocycles. The SMILES string of the molecule is CCOC(=O)C1CCC[N+]1=C/C=C(C)/C=C/C=C(C)/C=C/C1=C(C)CCCC1(C)C. The largest absolute Gasteiger partial charge is 0.461 e. The van der Waals surface area contributed by atoms with E-state index < -0.39 is 0 Å². The van der Waals surface area contributed by atoms with Crippen LogP contribution >= 0.6 is 0 Å². The Hall–Kier alpha value is -2.16. The normalized spacial score (nSPS) is 24.5. The maximum atomic E-state index is 12.0. The van der Waals surface area contributed by atoms with Gasteiger partial charge in [-0.05, 0) is 63.5 Å². The van der Waals surface area contributed by atoms with E-state index in [0.29, 0.717) is 6.61 Å². The van der Waals surface area contributed by atoms with Crippen molar-refractivity contribution in [2.45, 2.75) is 79.7 Å². The predicted octanol–water partition coefficient (Wildman–Crippen LogP) is 6.33. The molecule has 1 heterocycles. The summed E-state index contributed by atoms with van der Waals surface area (Å²) in [4.78, 5) is 12.0. The van der Waals surface area contributed by atoms with E-state index in [-0.39, 0.29) is 17.4 Å². The van der Waals surface area contributed by atoms with Crippen LogP contribution in [0.5, 0.6) is 0 Å². The molecule has 1 aliphatic carbocycles. The molecule has 0 aromatic heterocycles. The van der Waals surface area contributed by atoms with E-state index in [2.05, 4.69) is 75.7 Å². The van der Waals surface area contributed by atoms with Crippen molar-refractivity contribution in [3.05, 3.63) is 58.7 Å². The van der Waals surface area contributed by atoms with Crippen molar-refractivity contribution >= 4 is 12.2 Å². The average Bonchev–Trinajstić information content (AvgIpc) is 3.14. The molecule has 1 atom stereocenters. The number of esters is 1. The third-order valence-corrected chi connectivity index (χ3v) is 6.16. The molecule has 1 unspecified atom stereocenters. The zero-order valence-corrected chi connectivity index (χ0v) is 19.8. The van der Waals surface area contributed by atoms with Crippen LogP contribution in [0.1, 0.15) is 73.6 Å². The minimum atomic E-state index is -0.132. The minimum Gasteiger partial charge on any atom is -0.461 e. The van der Waals surface area contributed by atoms with Crippen LogP contribution in [-0.4, -0.2) is 36.0 Å². The van der Waals surface area contributed by atoms with Gasteiger partial charge < -0.3 is 4.74 Å². The van der Waals surface area contributed by atoms with Crippen molar-refractivity contribution in [2.75, 3.05) is 13.2 Å². The highest BCUT2D eigenvalue weighted by Gasteiger charge is 2.35. The molecule has 1 saturated heterocycles. The van der Waals surface area contributed by atoms with Crippen LogP contribution in [0.4, 0.5) is 0 Å². The molecular formula is C27H40NO2+. The van der Waals surface area contributed by atoms with Gasteiger partial charge in [0.25, 0.3) is 0 Å². The van der Waals surface area contributed by atoms with Gasteiger partial charge in [-0.1, -0.05) is 55.4 Å². The lowest BCUT2D eigenvalue weighted by Gasteiger charge is -2.32. The number of carbonyl (C=O) groups excluding carboxylic acids is 1. The molecule has 0 aromatic rings. The van der Waals surface area contributed by atoms with Gasteiger partial charge in [-0.15, -0.1) is 0 Å². The third kappa shape index (κ3) is 6.97. The summed E-state index contributed by atoms with van der Waals surface area (Å²) < 4.78 is 7.29. The number of allylic oxidation sites excluding steroid dienone is 10. The second-order valence-electron chi connectivity index (χ2n) is 9.24. The highest BCUT2D eigenvalue weighted by molar-refractivity contribution is 5.76. The molecule has 0 N–H and O–H groups in total. The first-order valence-electron chi connectivity index (χ1n) is 11.4. The summed E-state index contributed by atoms with van der Waals surface area (Å²) in [6.45, 7) is 14.4. The first-order valence-corrected chi connectivity index (χ1v) is 11.4. The monoisotopic (exact) mass is 410 g/mol. The van der Waals surface area contributed by atoms with E-state index in [1.165, 1.54) is 36.0 Å². The van der Waals surface area contributed by atoms with Gasteiger partial charge in [0.15, 0.2) is 6.21 Å². The van der Waals surface area contributed by atoms with E-state index in [1.807, 2.05) is 13.1 Å². The Kier molecular flexibility index (Phi) is 9.08. The fraction of sp³-hybridized carbons (Fsp3) is 0.556. The fourth-order valence-electron chi connectivity index (χ4n) is 4.36. The summed E-state index contributed by atoms with van der Waals surface area (Å²) in [6, 6.07) is -0.132. The highest BCUT2D eigenvalue weighted by Crippen LogP contribution is 2.40. The molecule has 0 bridgehead atoms. The van der Waals surface area contributed by atoms with E-state index in [9.17, 15) is 4.79 Å². The van der Waals surface area contributed by atoms with Gasteiger partial charge >= 0.3 is 5.97 Å². The zero-order valence-electron chi connectivity index (χ0n) is 19.8. The second-order valence-corrected chi connectivity index (χ2v) is 9.24. The zero-order chi connectivity index (χ0) is 22.1. The van der Waals surface area contributed by atoms with Crippen molar-refractivity contribution in [1.82, 2.24) is 0 Å². The van der Waals surface area contributed by atoms with Crippen LogP contribution in [-0.2, 0) is 9.53 Å². The molecule has 0 radical (unpaired) electrons. The second kappa shape index (κ2) is 11.3. The van der Waals surface area contributed by atoms with Gasteiger partial charge in [0, 0.05) is 18.9 Å². The van der Waals surface area contributed by atoms with Gasteiger partial charge in [0.05, 0.1) is 6.61 Å². The molecule has 0 amide bonds. The van der Waals surface area contributed by atoms with Crippen LogP contribution in [0.15, 0.2) is 58.7 Å². The van der Waals surface area contributed by atoms with E-state index in [1.54, 1.807) is 0 Å². The molecule has 2 rings (SSSR count). The highest BCUT2D eigenvalue weighted by atomic mass is 16.5. The van der Waals surface area contributed by atoms with Crippen molar-refractivity contribution in [3.63, 3.8) is 0 Å². The Balaban J connectivity index is 1.99. The summed E-state index contributed by atoms with van der Waals surface area (Å²) in [6.07, 6.45) is 20.7. The molecule has 1 fully saturated rings. The summed E-state index contributed by atoms with van der Waals surface area (Å²) in [5.41, 5.74) is 5.71. The summed E-state index contributed by atoms with van der Waals surface area (Å²) >= 11 is 0. The smallest absolute Gasteiger partial charge is 0.375 e. The maximum absolute atomic E-state index is 12.0. The van der Waals surface area contributed by atoms with E-state index in [4.69, 9.17) is 4.74 Å². The number of hydrogen-bond donors (Lipinski definition) is 0. The van der Waals surface area contributed by atoms with Crippen LogP contribution in [0.2, 0.25) is 0 Å². The average molecular weight is 411 g/mol. The van der Waals surface area contributed by atoms with Crippen LogP contribution in [0, 0.1) is 5.41 Å². The molecule has 0 spiro atoms. The topological polar surface area (TPSA) is 29.3 Å². The lowest BCUT2D eigenvalue weighted by molar-refractivity contribution is -0.528. The number of hydrogen-bond acceptors (Lipinski definition) is 2. The van der Waals surface area contributed by atoms with E-state index >= 15 is 0 Å². The van der Waals surface area contributed by atoms with Gasteiger partial charge in [-0.2, -0.15) is 0 Å². The van der Waals surface area contributed by atoms with Crippen molar-refractivity contribution in [1.29, 1.82) is 0 Å². The lowest BCUT2D eigenvalue weighted by Crippen LogP contribution is -2.31. The van der Waals surface area contributed by atoms with Crippen molar-refractivity contribution in [2.24, 2.45) is 5.41 Å². The molecular weight excluding hydrogens is 370 g/mol. The van der Waals surface area contributed by atoms with Crippen LogP contribution in [0.25, 0.3) is 0 Å². The Morgan fingerprint density at radius 1 is 1.17 bits per heavy atom.